The van der Waals surface area contributed by atoms with E-state index in [0.717, 1.165) is 5.56 Å². The molecule has 1 aromatic carbocycles. The number of nitrogens with zero attached hydrogens (tertiary/aromatic N) is 1. The third kappa shape index (κ3) is 3.59. The highest BCUT2D eigenvalue weighted by Crippen LogP contribution is 2.16. The van der Waals surface area contributed by atoms with Crippen LogP contribution in [0.25, 0.3) is 0 Å². The number of rotatable bonds is 4. The second-order valence-electron chi connectivity index (χ2n) is 4.34. The van der Waals surface area contributed by atoms with E-state index in [1.807, 2.05) is 32.0 Å². The first-order valence-electron chi connectivity index (χ1n) is 5.49. The van der Waals surface area contributed by atoms with Gasteiger partial charge in [-0.1, -0.05) is 26.0 Å². The zero-order valence-electron chi connectivity index (χ0n) is 10.3. The largest absolute Gasteiger partial charge is 0.480 e. The molecule has 0 aliphatic rings. The number of hydrogen-bond acceptors (Lipinski definition) is 2. The van der Waals surface area contributed by atoms with Gasteiger partial charge in [0.15, 0.2) is 0 Å². The third-order valence-corrected chi connectivity index (χ3v) is 2.52. The minimum absolute atomic E-state index is 0.269. The predicted molar refractivity (Wildman–Crippen MR) is 65.1 cm³/mol. The zero-order valence-corrected chi connectivity index (χ0v) is 10.3. The van der Waals surface area contributed by atoms with E-state index in [2.05, 4.69) is 0 Å². The molecular weight excluding hydrogens is 218 g/mol. The average Bonchev–Trinajstić information content (AvgIpc) is 2.27. The number of carbonyl (C=O) groups is 2. The fourth-order valence-electron chi connectivity index (χ4n) is 1.53. The Morgan fingerprint density at radius 1 is 1.35 bits per heavy atom. The Hall–Kier alpha value is -1.84. The molecule has 0 aliphatic carbocycles. The van der Waals surface area contributed by atoms with Gasteiger partial charge in [-0.15, -0.1) is 0 Å². The van der Waals surface area contributed by atoms with Crippen molar-refractivity contribution in [2.75, 3.05) is 13.6 Å². The van der Waals surface area contributed by atoms with Crippen molar-refractivity contribution in [3.8, 4) is 0 Å². The molecule has 92 valence electrons. The summed E-state index contributed by atoms with van der Waals surface area (Å²) in [6.07, 6.45) is 0. The summed E-state index contributed by atoms with van der Waals surface area (Å²) in [5.41, 5.74) is 1.60. The molecule has 0 spiro atoms. The molecule has 4 heteroatoms. The van der Waals surface area contributed by atoms with E-state index in [4.69, 9.17) is 5.11 Å². The molecular formula is C13H17NO3. The second-order valence-corrected chi connectivity index (χ2v) is 4.34. The Morgan fingerprint density at radius 3 is 2.53 bits per heavy atom. The van der Waals surface area contributed by atoms with E-state index in [1.54, 1.807) is 6.07 Å². The van der Waals surface area contributed by atoms with Gasteiger partial charge < -0.3 is 10.0 Å². The number of amides is 1. The average molecular weight is 235 g/mol. The summed E-state index contributed by atoms with van der Waals surface area (Å²) >= 11 is 0. The Kier molecular flexibility index (Phi) is 4.26. The highest BCUT2D eigenvalue weighted by Gasteiger charge is 2.14. The molecule has 4 nitrogen and oxygen atoms in total. The quantitative estimate of drug-likeness (QED) is 0.868. The zero-order chi connectivity index (χ0) is 13.0. The molecule has 17 heavy (non-hydrogen) atoms. The summed E-state index contributed by atoms with van der Waals surface area (Å²) in [5, 5.41) is 8.63. The highest BCUT2D eigenvalue weighted by molar-refractivity contribution is 5.95. The molecule has 0 fully saturated rings. The fourth-order valence-corrected chi connectivity index (χ4v) is 1.53. The normalized spacial score (nSPS) is 10.4. The van der Waals surface area contributed by atoms with Gasteiger partial charge in [0.2, 0.25) is 0 Å². The summed E-state index contributed by atoms with van der Waals surface area (Å²) in [4.78, 5) is 23.6. The van der Waals surface area contributed by atoms with Gasteiger partial charge in [-0.25, -0.2) is 0 Å². The van der Waals surface area contributed by atoms with Gasteiger partial charge in [-0.05, 0) is 23.6 Å². The van der Waals surface area contributed by atoms with Crippen molar-refractivity contribution >= 4 is 11.9 Å². The first-order valence-corrected chi connectivity index (χ1v) is 5.49. The summed E-state index contributed by atoms with van der Waals surface area (Å²) in [6, 6.07) is 7.29. The number of aliphatic carboxylic acids is 1. The topological polar surface area (TPSA) is 57.6 Å². The van der Waals surface area contributed by atoms with Crippen LogP contribution >= 0.6 is 0 Å². The number of carbonyl (C=O) groups excluding carboxylic acids is 1. The van der Waals surface area contributed by atoms with E-state index in [-0.39, 0.29) is 12.5 Å². The molecule has 0 saturated carbocycles. The van der Waals surface area contributed by atoms with Gasteiger partial charge in [0.05, 0.1) is 0 Å². The molecule has 0 unspecified atom stereocenters. The molecule has 0 radical (unpaired) electrons. The summed E-state index contributed by atoms with van der Waals surface area (Å²) in [5.74, 6) is -0.941. The maximum atomic E-state index is 11.9. The van der Waals surface area contributed by atoms with Crippen molar-refractivity contribution in [1.29, 1.82) is 0 Å². The van der Waals surface area contributed by atoms with Crippen LogP contribution in [0.1, 0.15) is 35.7 Å². The first-order chi connectivity index (χ1) is 7.91. The Morgan fingerprint density at radius 2 is 2.00 bits per heavy atom. The standard InChI is InChI=1S/C13H17NO3/c1-9(2)10-5-4-6-11(7-10)13(17)14(3)8-12(15)16/h4-7,9H,8H2,1-3H3,(H,15,16). The number of carboxylic acid groups (broad SMARTS) is 1. The van der Waals surface area contributed by atoms with Crippen molar-refractivity contribution in [1.82, 2.24) is 4.90 Å². The van der Waals surface area contributed by atoms with Crippen molar-refractivity contribution in [3.05, 3.63) is 35.4 Å². The van der Waals surface area contributed by atoms with Crippen molar-refractivity contribution in [2.45, 2.75) is 19.8 Å². The van der Waals surface area contributed by atoms with Gasteiger partial charge in [-0.3, -0.25) is 9.59 Å². The maximum absolute atomic E-state index is 11.9. The predicted octanol–water partition coefficient (Wildman–Crippen LogP) is 1.97. The van der Waals surface area contributed by atoms with Crippen LogP contribution in [0.5, 0.6) is 0 Å². The van der Waals surface area contributed by atoms with Crippen LogP contribution in [-0.2, 0) is 4.79 Å². The van der Waals surface area contributed by atoms with Gasteiger partial charge in [0.25, 0.3) is 5.91 Å². The van der Waals surface area contributed by atoms with Crippen LogP contribution in [0.15, 0.2) is 24.3 Å². The number of likely N-dealkylation sites (N-methyl/N-ethyl adjacent to an activating group) is 1. The summed E-state index contributed by atoms with van der Waals surface area (Å²) in [6.45, 7) is 3.81. The van der Waals surface area contributed by atoms with Gasteiger partial charge in [0, 0.05) is 12.6 Å². The number of benzene rings is 1. The lowest BCUT2D eigenvalue weighted by Gasteiger charge is -2.15. The van der Waals surface area contributed by atoms with Gasteiger partial charge in [-0.2, -0.15) is 0 Å². The summed E-state index contributed by atoms with van der Waals surface area (Å²) in [7, 11) is 1.48. The van der Waals surface area contributed by atoms with Crippen LogP contribution in [0.4, 0.5) is 0 Å². The van der Waals surface area contributed by atoms with Crippen molar-refractivity contribution < 1.29 is 14.7 Å². The fraction of sp³-hybridized carbons (Fsp3) is 0.385. The molecule has 0 bridgehead atoms. The van der Waals surface area contributed by atoms with E-state index in [9.17, 15) is 9.59 Å². The molecule has 1 rings (SSSR count). The Bertz CT molecular complexity index is 426. The smallest absolute Gasteiger partial charge is 0.323 e. The lowest BCUT2D eigenvalue weighted by Crippen LogP contribution is -2.31. The lowest BCUT2D eigenvalue weighted by atomic mass is 10.0. The third-order valence-electron chi connectivity index (χ3n) is 2.52. The van der Waals surface area contributed by atoms with Crippen LogP contribution < -0.4 is 0 Å². The molecule has 0 atom stereocenters. The SMILES string of the molecule is CC(C)c1cccc(C(=O)N(C)CC(=O)O)c1. The molecule has 1 amide bonds. The minimum atomic E-state index is -1.01. The number of carboxylic acids is 1. The first kappa shape index (κ1) is 13.2. The van der Waals surface area contributed by atoms with Crippen molar-refractivity contribution in [2.24, 2.45) is 0 Å². The highest BCUT2D eigenvalue weighted by atomic mass is 16.4. The van der Waals surface area contributed by atoms with E-state index in [1.165, 1.54) is 11.9 Å². The molecule has 1 aromatic rings. The summed E-state index contributed by atoms with van der Waals surface area (Å²) < 4.78 is 0. The maximum Gasteiger partial charge on any atom is 0.323 e. The Balaban J connectivity index is 2.88. The van der Waals surface area contributed by atoms with Gasteiger partial charge in [0.1, 0.15) is 6.54 Å². The van der Waals surface area contributed by atoms with Gasteiger partial charge >= 0.3 is 5.97 Å². The van der Waals surface area contributed by atoms with Crippen LogP contribution in [0, 0.1) is 0 Å². The van der Waals surface area contributed by atoms with Crippen molar-refractivity contribution in [3.63, 3.8) is 0 Å². The monoisotopic (exact) mass is 235 g/mol. The lowest BCUT2D eigenvalue weighted by molar-refractivity contribution is -0.137. The van der Waals surface area contributed by atoms with E-state index >= 15 is 0 Å². The molecule has 0 heterocycles. The van der Waals surface area contributed by atoms with Crippen LogP contribution in [0.2, 0.25) is 0 Å². The Labute approximate surface area is 101 Å². The molecule has 0 aliphatic heterocycles. The molecule has 0 saturated heterocycles. The second kappa shape index (κ2) is 5.48. The van der Waals surface area contributed by atoms with E-state index < -0.39 is 5.97 Å². The van der Waals surface area contributed by atoms with Crippen LogP contribution in [-0.4, -0.2) is 35.5 Å². The number of hydrogen-bond donors (Lipinski definition) is 1. The molecule has 0 aromatic heterocycles. The minimum Gasteiger partial charge on any atom is -0.480 e. The van der Waals surface area contributed by atoms with E-state index in [0.29, 0.717) is 11.5 Å². The molecule has 1 N–H and O–H groups in total. The van der Waals surface area contributed by atoms with Crippen LogP contribution in [0.3, 0.4) is 0 Å².